The van der Waals surface area contributed by atoms with E-state index in [1.807, 2.05) is 18.5 Å². The van der Waals surface area contributed by atoms with Crippen molar-refractivity contribution in [1.29, 1.82) is 0 Å². The van der Waals surface area contributed by atoms with Crippen molar-refractivity contribution in [2.45, 2.75) is 31.4 Å². The lowest BCUT2D eigenvalue weighted by Gasteiger charge is -2.30. The Balaban J connectivity index is 1.62. The molecule has 1 unspecified atom stereocenters. The Bertz CT molecular complexity index is 451. The number of hydrogen-bond acceptors (Lipinski definition) is 5. The lowest BCUT2D eigenvalue weighted by Crippen LogP contribution is -2.41. The van der Waals surface area contributed by atoms with Gasteiger partial charge in [0.15, 0.2) is 0 Å². The van der Waals surface area contributed by atoms with Crippen molar-refractivity contribution in [3.63, 3.8) is 0 Å². The maximum atomic E-state index is 6.10. The zero-order chi connectivity index (χ0) is 15.9. The molecule has 1 aromatic heterocycles. The summed E-state index contributed by atoms with van der Waals surface area (Å²) < 4.78 is 16.8. The highest BCUT2D eigenvalue weighted by Gasteiger charge is 2.36. The molecular formula is C18H28N2O3. The first-order valence-corrected chi connectivity index (χ1v) is 8.68. The number of rotatable bonds is 8. The molecule has 0 aliphatic carbocycles. The van der Waals surface area contributed by atoms with Crippen LogP contribution in [0.15, 0.2) is 24.5 Å². The van der Waals surface area contributed by atoms with E-state index in [4.69, 9.17) is 14.2 Å². The average Bonchev–Trinajstić information content (AvgIpc) is 3.21. The van der Waals surface area contributed by atoms with Crippen LogP contribution in [0.5, 0.6) is 0 Å². The van der Waals surface area contributed by atoms with Crippen LogP contribution in [0, 0.1) is 5.92 Å². The number of pyridine rings is 1. The molecule has 0 N–H and O–H groups in total. The van der Waals surface area contributed by atoms with Gasteiger partial charge in [0, 0.05) is 45.2 Å². The zero-order valence-electron chi connectivity index (χ0n) is 14.0. The molecule has 0 radical (unpaired) electrons. The largest absolute Gasteiger partial charge is 0.382 e. The molecule has 3 rings (SSSR count). The Morgan fingerprint density at radius 3 is 3.04 bits per heavy atom. The first-order valence-electron chi connectivity index (χ1n) is 8.68. The van der Waals surface area contributed by atoms with Gasteiger partial charge in [0.2, 0.25) is 0 Å². The van der Waals surface area contributed by atoms with E-state index in [1.165, 1.54) is 12.0 Å². The lowest BCUT2D eigenvalue weighted by molar-refractivity contribution is -0.00212. The van der Waals surface area contributed by atoms with E-state index in [0.29, 0.717) is 25.2 Å². The van der Waals surface area contributed by atoms with Gasteiger partial charge in [-0.3, -0.25) is 9.88 Å². The number of aromatic nitrogens is 1. The van der Waals surface area contributed by atoms with E-state index in [1.54, 1.807) is 7.11 Å². The van der Waals surface area contributed by atoms with Gasteiger partial charge in [-0.15, -0.1) is 0 Å². The Kier molecular flexibility index (Phi) is 6.39. The van der Waals surface area contributed by atoms with Crippen LogP contribution in [0.25, 0.3) is 0 Å². The fourth-order valence-corrected chi connectivity index (χ4v) is 3.67. The normalized spacial score (nSPS) is 28.5. The molecule has 0 bridgehead atoms. The molecule has 5 nitrogen and oxygen atoms in total. The van der Waals surface area contributed by atoms with Gasteiger partial charge in [-0.25, -0.2) is 0 Å². The number of methoxy groups -OCH3 is 1. The van der Waals surface area contributed by atoms with Crippen molar-refractivity contribution in [2.24, 2.45) is 5.92 Å². The molecule has 3 heterocycles. The van der Waals surface area contributed by atoms with Crippen molar-refractivity contribution in [2.75, 3.05) is 46.6 Å². The van der Waals surface area contributed by atoms with Crippen molar-refractivity contribution < 1.29 is 14.2 Å². The number of hydrogen-bond donors (Lipinski definition) is 0. The summed E-state index contributed by atoms with van der Waals surface area (Å²) in [7, 11) is 1.72. The van der Waals surface area contributed by atoms with E-state index in [9.17, 15) is 0 Å². The fraction of sp³-hybridized carbons (Fsp3) is 0.722. The molecule has 0 saturated carbocycles. The molecule has 0 aromatic carbocycles. The first kappa shape index (κ1) is 16.8. The van der Waals surface area contributed by atoms with Crippen LogP contribution < -0.4 is 0 Å². The van der Waals surface area contributed by atoms with E-state index in [0.717, 1.165) is 39.1 Å². The number of ether oxygens (including phenoxy) is 3. The zero-order valence-corrected chi connectivity index (χ0v) is 14.0. The van der Waals surface area contributed by atoms with Gasteiger partial charge in [-0.1, -0.05) is 6.07 Å². The van der Waals surface area contributed by atoms with E-state index in [-0.39, 0.29) is 6.10 Å². The Morgan fingerprint density at radius 2 is 2.30 bits per heavy atom. The van der Waals surface area contributed by atoms with Gasteiger partial charge >= 0.3 is 0 Å². The first-order chi connectivity index (χ1) is 11.4. The van der Waals surface area contributed by atoms with Crippen molar-refractivity contribution in [1.82, 2.24) is 9.88 Å². The van der Waals surface area contributed by atoms with Crippen LogP contribution in [0.3, 0.4) is 0 Å². The number of nitrogens with zero attached hydrogens (tertiary/aromatic N) is 2. The van der Waals surface area contributed by atoms with Crippen LogP contribution in [0.4, 0.5) is 0 Å². The molecule has 0 spiro atoms. The topological polar surface area (TPSA) is 43.8 Å². The molecule has 23 heavy (non-hydrogen) atoms. The molecule has 2 aliphatic rings. The minimum absolute atomic E-state index is 0.285. The minimum atomic E-state index is 0.285. The Morgan fingerprint density at radius 1 is 1.35 bits per heavy atom. The molecule has 1 aromatic rings. The third kappa shape index (κ3) is 4.73. The third-order valence-corrected chi connectivity index (χ3v) is 4.90. The Labute approximate surface area is 138 Å². The van der Waals surface area contributed by atoms with Gasteiger partial charge in [-0.2, -0.15) is 0 Å². The minimum Gasteiger partial charge on any atom is -0.382 e. The fourth-order valence-electron chi connectivity index (χ4n) is 3.67. The van der Waals surface area contributed by atoms with Crippen molar-refractivity contribution in [3.8, 4) is 0 Å². The molecular weight excluding hydrogens is 292 g/mol. The molecule has 2 fully saturated rings. The van der Waals surface area contributed by atoms with Crippen LogP contribution in [-0.4, -0.2) is 68.7 Å². The molecule has 128 valence electrons. The summed E-state index contributed by atoms with van der Waals surface area (Å²) >= 11 is 0. The summed E-state index contributed by atoms with van der Waals surface area (Å²) in [6, 6.07) is 4.60. The van der Waals surface area contributed by atoms with Gasteiger partial charge < -0.3 is 14.2 Å². The SMILES string of the molecule is COCCO[C@H]1CCN(CC2CCOC2)[C@H]1Cc1cccnc1. The van der Waals surface area contributed by atoms with Gasteiger partial charge in [0.05, 0.1) is 25.9 Å². The molecule has 0 amide bonds. The maximum Gasteiger partial charge on any atom is 0.0746 e. The van der Waals surface area contributed by atoms with Gasteiger partial charge in [0.25, 0.3) is 0 Å². The second-order valence-electron chi connectivity index (χ2n) is 6.55. The summed E-state index contributed by atoms with van der Waals surface area (Å²) in [4.78, 5) is 6.86. The second-order valence-corrected chi connectivity index (χ2v) is 6.55. The predicted molar refractivity (Wildman–Crippen MR) is 88.5 cm³/mol. The van der Waals surface area contributed by atoms with E-state index >= 15 is 0 Å². The van der Waals surface area contributed by atoms with Gasteiger partial charge in [-0.05, 0) is 36.8 Å². The third-order valence-electron chi connectivity index (χ3n) is 4.90. The highest BCUT2D eigenvalue weighted by molar-refractivity contribution is 5.12. The summed E-state index contributed by atoms with van der Waals surface area (Å²) in [5.41, 5.74) is 1.28. The Hall–Kier alpha value is -1.01. The van der Waals surface area contributed by atoms with E-state index < -0.39 is 0 Å². The smallest absolute Gasteiger partial charge is 0.0746 e. The molecule has 2 saturated heterocycles. The standard InChI is InChI=1S/C18H28N2O3/c1-21-9-10-23-18-4-7-20(13-16-5-8-22-14-16)17(18)11-15-3-2-6-19-12-15/h2-3,6,12,16-18H,4-5,7-11,13-14H2,1H3/t16?,17-,18-/m0/s1. The molecule has 2 aliphatic heterocycles. The molecule has 3 atom stereocenters. The van der Waals surface area contributed by atoms with Crippen LogP contribution in [0.1, 0.15) is 18.4 Å². The van der Waals surface area contributed by atoms with Crippen LogP contribution in [-0.2, 0) is 20.6 Å². The monoisotopic (exact) mass is 320 g/mol. The summed E-state index contributed by atoms with van der Waals surface area (Å²) in [5.74, 6) is 0.670. The second kappa shape index (κ2) is 8.73. The van der Waals surface area contributed by atoms with Crippen molar-refractivity contribution >= 4 is 0 Å². The summed E-state index contributed by atoms with van der Waals surface area (Å²) in [6.07, 6.45) is 7.37. The maximum absolute atomic E-state index is 6.10. The summed E-state index contributed by atoms with van der Waals surface area (Å²) in [5, 5.41) is 0. The predicted octanol–water partition coefficient (Wildman–Crippen LogP) is 1.77. The summed E-state index contributed by atoms with van der Waals surface area (Å²) in [6.45, 7) is 5.39. The van der Waals surface area contributed by atoms with E-state index in [2.05, 4.69) is 16.0 Å². The van der Waals surface area contributed by atoms with Crippen molar-refractivity contribution in [3.05, 3.63) is 30.1 Å². The lowest BCUT2D eigenvalue weighted by atomic mass is 10.0. The highest BCUT2D eigenvalue weighted by Crippen LogP contribution is 2.27. The van der Waals surface area contributed by atoms with Crippen LogP contribution in [0.2, 0.25) is 0 Å². The van der Waals surface area contributed by atoms with Crippen LogP contribution >= 0.6 is 0 Å². The quantitative estimate of drug-likeness (QED) is 0.683. The number of likely N-dealkylation sites (tertiary alicyclic amines) is 1. The molecule has 5 heteroatoms. The van der Waals surface area contributed by atoms with Gasteiger partial charge in [0.1, 0.15) is 0 Å². The average molecular weight is 320 g/mol. The highest BCUT2D eigenvalue weighted by atomic mass is 16.5.